The van der Waals surface area contributed by atoms with Crippen molar-refractivity contribution in [1.29, 1.82) is 0 Å². The van der Waals surface area contributed by atoms with Crippen molar-refractivity contribution in [3.05, 3.63) is 24.0 Å². The van der Waals surface area contributed by atoms with Crippen molar-refractivity contribution in [3.63, 3.8) is 0 Å². The Kier molecular flexibility index (Phi) is 4.06. The maximum atomic E-state index is 4.66. The SMILES string of the molecule is CCCNc1nc(C)cc(NCc2ncon2)n1. The molecule has 7 heteroatoms. The molecule has 0 aliphatic carbocycles. The van der Waals surface area contributed by atoms with E-state index in [-0.39, 0.29) is 0 Å². The highest BCUT2D eigenvalue weighted by molar-refractivity contribution is 5.42. The summed E-state index contributed by atoms with van der Waals surface area (Å²) in [7, 11) is 0. The minimum atomic E-state index is 0.472. The van der Waals surface area contributed by atoms with Gasteiger partial charge in [-0.25, -0.2) is 4.98 Å². The molecule has 0 aliphatic rings. The van der Waals surface area contributed by atoms with E-state index < -0.39 is 0 Å². The van der Waals surface area contributed by atoms with Crippen LogP contribution in [0.25, 0.3) is 0 Å². The zero-order valence-electron chi connectivity index (χ0n) is 10.5. The lowest BCUT2D eigenvalue weighted by Crippen LogP contribution is -2.09. The lowest BCUT2D eigenvalue weighted by molar-refractivity contribution is 0.411. The van der Waals surface area contributed by atoms with Gasteiger partial charge in [0.15, 0.2) is 5.82 Å². The molecule has 0 saturated carbocycles. The first-order chi connectivity index (χ1) is 8.78. The molecule has 96 valence electrons. The Labute approximate surface area is 105 Å². The van der Waals surface area contributed by atoms with Crippen LogP contribution in [0.2, 0.25) is 0 Å². The zero-order valence-corrected chi connectivity index (χ0v) is 10.5. The van der Waals surface area contributed by atoms with E-state index in [2.05, 4.69) is 42.2 Å². The van der Waals surface area contributed by atoms with Crippen molar-refractivity contribution < 1.29 is 4.52 Å². The summed E-state index contributed by atoms with van der Waals surface area (Å²) in [5, 5.41) is 10.0. The smallest absolute Gasteiger partial charge is 0.224 e. The molecule has 7 nitrogen and oxygen atoms in total. The first-order valence-electron chi connectivity index (χ1n) is 5.86. The summed E-state index contributed by atoms with van der Waals surface area (Å²) in [5.41, 5.74) is 0.902. The largest absolute Gasteiger partial charge is 0.362 e. The highest BCUT2D eigenvalue weighted by Crippen LogP contribution is 2.10. The van der Waals surface area contributed by atoms with Crippen molar-refractivity contribution in [2.45, 2.75) is 26.8 Å². The number of aryl methyl sites for hydroxylation is 1. The minimum absolute atomic E-state index is 0.472. The fourth-order valence-corrected chi connectivity index (χ4v) is 1.41. The van der Waals surface area contributed by atoms with Crippen LogP contribution in [0.4, 0.5) is 11.8 Å². The Balaban J connectivity index is 2.00. The summed E-state index contributed by atoms with van der Waals surface area (Å²) >= 11 is 0. The van der Waals surface area contributed by atoms with Gasteiger partial charge in [-0.15, -0.1) is 0 Å². The third-order valence-corrected chi connectivity index (χ3v) is 2.22. The van der Waals surface area contributed by atoms with Crippen LogP contribution in [-0.4, -0.2) is 26.7 Å². The van der Waals surface area contributed by atoms with Crippen LogP contribution >= 0.6 is 0 Å². The molecule has 2 aromatic rings. The molecule has 2 rings (SSSR count). The molecule has 0 saturated heterocycles. The summed E-state index contributed by atoms with van der Waals surface area (Å²) in [6.45, 7) is 5.35. The Morgan fingerprint density at radius 2 is 2.17 bits per heavy atom. The van der Waals surface area contributed by atoms with Gasteiger partial charge in [-0.3, -0.25) is 0 Å². The average molecular weight is 248 g/mol. The average Bonchev–Trinajstić information content (AvgIpc) is 2.86. The first-order valence-corrected chi connectivity index (χ1v) is 5.86. The second-order valence-corrected chi connectivity index (χ2v) is 3.85. The number of aromatic nitrogens is 4. The molecule has 2 aromatic heterocycles. The minimum Gasteiger partial charge on any atom is -0.362 e. The maximum absolute atomic E-state index is 4.66. The van der Waals surface area contributed by atoms with Gasteiger partial charge in [-0.05, 0) is 13.3 Å². The van der Waals surface area contributed by atoms with Crippen LogP contribution in [0.5, 0.6) is 0 Å². The summed E-state index contributed by atoms with van der Waals surface area (Å²) < 4.78 is 4.66. The third kappa shape index (κ3) is 3.41. The zero-order chi connectivity index (χ0) is 12.8. The summed E-state index contributed by atoms with van der Waals surface area (Å²) in [4.78, 5) is 12.6. The number of hydrogen-bond acceptors (Lipinski definition) is 7. The lowest BCUT2D eigenvalue weighted by Gasteiger charge is -2.08. The molecule has 0 aromatic carbocycles. The molecule has 0 amide bonds. The van der Waals surface area contributed by atoms with Gasteiger partial charge < -0.3 is 15.2 Å². The van der Waals surface area contributed by atoms with Gasteiger partial charge in [-0.2, -0.15) is 9.97 Å². The molecule has 0 fully saturated rings. The van der Waals surface area contributed by atoms with Gasteiger partial charge in [0.25, 0.3) is 0 Å². The molecule has 18 heavy (non-hydrogen) atoms. The van der Waals surface area contributed by atoms with Gasteiger partial charge in [0.2, 0.25) is 12.3 Å². The Hall–Kier alpha value is -2.18. The highest BCUT2D eigenvalue weighted by Gasteiger charge is 2.03. The van der Waals surface area contributed by atoms with E-state index in [0.717, 1.165) is 24.5 Å². The number of rotatable bonds is 6. The quantitative estimate of drug-likeness (QED) is 0.802. The van der Waals surface area contributed by atoms with E-state index in [0.29, 0.717) is 18.3 Å². The van der Waals surface area contributed by atoms with Gasteiger partial charge in [0, 0.05) is 18.3 Å². The standard InChI is InChI=1S/C11H16N6O/c1-3-4-12-11-15-8(2)5-9(16-11)13-6-10-14-7-18-17-10/h5,7H,3-4,6H2,1-2H3,(H2,12,13,15,16). The summed E-state index contributed by atoms with van der Waals surface area (Å²) in [6, 6.07) is 1.87. The number of anilines is 2. The van der Waals surface area contributed by atoms with Crippen LogP contribution in [0.15, 0.2) is 17.0 Å². The molecular weight excluding hydrogens is 232 g/mol. The van der Waals surface area contributed by atoms with Gasteiger partial charge in [0.05, 0.1) is 6.54 Å². The van der Waals surface area contributed by atoms with Crippen molar-refractivity contribution in [2.75, 3.05) is 17.2 Å². The Morgan fingerprint density at radius 1 is 1.28 bits per heavy atom. The summed E-state index contributed by atoms with van der Waals surface area (Å²) in [6.07, 6.45) is 2.33. The van der Waals surface area contributed by atoms with Crippen LogP contribution in [-0.2, 0) is 6.54 Å². The molecule has 0 unspecified atom stereocenters. The highest BCUT2D eigenvalue weighted by atomic mass is 16.5. The first kappa shape index (κ1) is 12.3. The number of nitrogens with zero attached hydrogens (tertiary/aromatic N) is 4. The second-order valence-electron chi connectivity index (χ2n) is 3.85. The maximum Gasteiger partial charge on any atom is 0.224 e. The molecule has 2 N–H and O–H groups in total. The van der Waals surface area contributed by atoms with E-state index in [1.54, 1.807) is 0 Å². The second kappa shape index (κ2) is 5.95. The topological polar surface area (TPSA) is 88.8 Å². The monoisotopic (exact) mass is 248 g/mol. The van der Waals surface area contributed by atoms with E-state index in [1.165, 1.54) is 6.39 Å². The van der Waals surface area contributed by atoms with Crippen LogP contribution in [0, 0.1) is 6.92 Å². The molecule has 0 radical (unpaired) electrons. The van der Waals surface area contributed by atoms with Gasteiger partial charge in [-0.1, -0.05) is 12.1 Å². The van der Waals surface area contributed by atoms with Gasteiger partial charge in [0.1, 0.15) is 5.82 Å². The predicted octanol–water partition coefficient (Wildman–Crippen LogP) is 1.60. The van der Waals surface area contributed by atoms with E-state index in [1.807, 2.05) is 13.0 Å². The fourth-order valence-electron chi connectivity index (χ4n) is 1.41. The molecule has 0 atom stereocenters. The Bertz CT molecular complexity index is 484. The van der Waals surface area contributed by atoms with Crippen LogP contribution < -0.4 is 10.6 Å². The van der Waals surface area contributed by atoms with Crippen molar-refractivity contribution in [3.8, 4) is 0 Å². The van der Waals surface area contributed by atoms with Crippen molar-refractivity contribution >= 4 is 11.8 Å². The molecular formula is C11H16N6O. The molecule has 2 heterocycles. The van der Waals surface area contributed by atoms with E-state index in [9.17, 15) is 0 Å². The summed E-state index contributed by atoms with van der Waals surface area (Å²) in [5.74, 6) is 1.97. The molecule has 0 spiro atoms. The van der Waals surface area contributed by atoms with Crippen molar-refractivity contribution in [1.82, 2.24) is 20.1 Å². The number of nitrogens with one attached hydrogen (secondary N) is 2. The van der Waals surface area contributed by atoms with E-state index >= 15 is 0 Å². The van der Waals surface area contributed by atoms with Crippen LogP contribution in [0.3, 0.4) is 0 Å². The number of hydrogen-bond donors (Lipinski definition) is 2. The van der Waals surface area contributed by atoms with Gasteiger partial charge >= 0.3 is 0 Å². The predicted molar refractivity (Wildman–Crippen MR) is 67.2 cm³/mol. The molecule has 0 aliphatic heterocycles. The van der Waals surface area contributed by atoms with Crippen molar-refractivity contribution in [2.24, 2.45) is 0 Å². The normalized spacial score (nSPS) is 10.3. The Morgan fingerprint density at radius 3 is 2.89 bits per heavy atom. The van der Waals surface area contributed by atoms with Crippen LogP contribution in [0.1, 0.15) is 24.9 Å². The lowest BCUT2D eigenvalue weighted by atomic mass is 10.4. The van der Waals surface area contributed by atoms with E-state index in [4.69, 9.17) is 0 Å². The third-order valence-electron chi connectivity index (χ3n) is 2.22. The fraction of sp³-hybridized carbons (Fsp3) is 0.455. The molecule has 0 bridgehead atoms.